The molecular weight excluding hydrogens is 462 g/mol. The molecule has 3 heterocycles. The van der Waals surface area contributed by atoms with E-state index in [4.69, 9.17) is 0 Å². The molecule has 1 saturated heterocycles. The van der Waals surface area contributed by atoms with Crippen LogP contribution in [0.2, 0.25) is 0 Å². The lowest BCUT2D eigenvalue weighted by atomic mass is 10.3. The summed E-state index contributed by atoms with van der Waals surface area (Å²) in [6.07, 6.45) is 6.85. The van der Waals surface area contributed by atoms with E-state index in [1.165, 1.54) is 4.31 Å². The van der Waals surface area contributed by atoms with E-state index in [-0.39, 0.29) is 50.0 Å². The lowest BCUT2D eigenvalue weighted by Crippen LogP contribution is -2.51. The molecule has 0 spiro atoms. The Labute approximate surface area is 198 Å². The van der Waals surface area contributed by atoms with Crippen LogP contribution < -0.4 is 16.0 Å². The fraction of sp³-hybridized carbons (Fsp3) is 0.500. The summed E-state index contributed by atoms with van der Waals surface area (Å²) in [5.41, 5.74) is 0. The van der Waals surface area contributed by atoms with E-state index < -0.39 is 10.0 Å². The molecule has 2 aromatic heterocycles. The molecule has 13 nitrogen and oxygen atoms in total. The normalized spacial score (nSPS) is 14.4. The number of hydrogen-bond acceptors (Lipinski definition) is 10. The van der Waals surface area contributed by atoms with Crippen LogP contribution in [0.5, 0.6) is 0 Å². The number of piperazine rings is 1. The van der Waals surface area contributed by atoms with Crippen LogP contribution in [0.3, 0.4) is 0 Å². The molecule has 14 heteroatoms. The third kappa shape index (κ3) is 8.19. The van der Waals surface area contributed by atoms with Crippen molar-refractivity contribution in [2.24, 2.45) is 0 Å². The number of nitrogens with one attached hydrogen (secondary N) is 3. The molecule has 1 fully saturated rings. The van der Waals surface area contributed by atoms with Gasteiger partial charge in [0.15, 0.2) is 0 Å². The largest absolute Gasteiger partial charge is 0.355 e. The maximum Gasteiger partial charge on any atom is 0.224 e. The summed E-state index contributed by atoms with van der Waals surface area (Å²) in [6.45, 7) is 1.90. The third-order valence-corrected chi connectivity index (χ3v) is 6.93. The second-order valence-electron chi connectivity index (χ2n) is 7.44. The van der Waals surface area contributed by atoms with Crippen LogP contribution >= 0.6 is 0 Å². The number of hydrogen-bond donors (Lipinski definition) is 3. The molecule has 0 radical (unpaired) electrons. The van der Waals surface area contributed by atoms with Gasteiger partial charge in [-0.15, -0.1) is 0 Å². The molecule has 0 aliphatic carbocycles. The molecule has 1 aliphatic heterocycles. The van der Waals surface area contributed by atoms with Gasteiger partial charge in [0.2, 0.25) is 33.7 Å². The van der Waals surface area contributed by atoms with Crippen molar-refractivity contribution >= 4 is 33.7 Å². The molecule has 0 bridgehead atoms. The van der Waals surface area contributed by atoms with Gasteiger partial charge in [-0.25, -0.2) is 28.4 Å². The SMILES string of the molecule is O=C(CCNc1ncccn1)NCCS(=O)(=O)N1CCN(C(=O)CCNc2ncccn2)CC1. The van der Waals surface area contributed by atoms with E-state index in [0.29, 0.717) is 38.1 Å². The fourth-order valence-corrected chi connectivity index (χ4v) is 4.60. The number of amides is 2. The highest BCUT2D eigenvalue weighted by molar-refractivity contribution is 7.89. The molecule has 3 N–H and O–H groups in total. The van der Waals surface area contributed by atoms with Crippen LogP contribution in [0.15, 0.2) is 36.9 Å². The first kappa shape index (κ1) is 25.2. The molecule has 0 saturated carbocycles. The van der Waals surface area contributed by atoms with Gasteiger partial charge in [-0.3, -0.25) is 9.59 Å². The zero-order valence-electron chi connectivity index (χ0n) is 18.8. The highest BCUT2D eigenvalue weighted by atomic mass is 32.2. The van der Waals surface area contributed by atoms with Crippen LogP contribution in [0.1, 0.15) is 12.8 Å². The van der Waals surface area contributed by atoms with E-state index in [1.807, 2.05) is 0 Å². The zero-order valence-corrected chi connectivity index (χ0v) is 19.6. The number of anilines is 2. The van der Waals surface area contributed by atoms with Crippen LogP contribution in [-0.4, -0.2) is 101 Å². The minimum Gasteiger partial charge on any atom is -0.355 e. The summed E-state index contributed by atoms with van der Waals surface area (Å²) in [7, 11) is -3.53. The molecule has 34 heavy (non-hydrogen) atoms. The molecule has 1 aliphatic rings. The van der Waals surface area contributed by atoms with Crippen molar-refractivity contribution in [1.29, 1.82) is 0 Å². The molecule has 2 amide bonds. The van der Waals surface area contributed by atoms with Gasteiger partial charge in [-0.2, -0.15) is 4.31 Å². The molecule has 0 unspecified atom stereocenters. The fourth-order valence-electron chi connectivity index (χ4n) is 3.26. The summed E-state index contributed by atoms with van der Waals surface area (Å²) in [4.78, 5) is 42.0. The number of rotatable bonds is 12. The first-order chi connectivity index (χ1) is 16.4. The lowest BCUT2D eigenvalue weighted by Gasteiger charge is -2.34. The summed E-state index contributed by atoms with van der Waals surface area (Å²) in [5, 5.41) is 8.52. The van der Waals surface area contributed by atoms with Crippen molar-refractivity contribution in [2.45, 2.75) is 12.8 Å². The number of aromatic nitrogens is 4. The van der Waals surface area contributed by atoms with Gasteiger partial charge in [-0.1, -0.05) is 0 Å². The van der Waals surface area contributed by atoms with Crippen molar-refractivity contribution in [2.75, 3.05) is 62.2 Å². The quantitative estimate of drug-likeness (QED) is 0.341. The van der Waals surface area contributed by atoms with Gasteiger partial charge >= 0.3 is 0 Å². The van der Waals surface area contributed by atoms with Crippen LogP contribution in [0.4, 0.5) is 11.9 Å². The Balaban J connectivity index is 1.30. The zero-order chi connectivity index (χ0) is 24.2. The first-order valence-electron chi connectivity index (χ1n) is 11.0. The molecule has 0 aromatic carbocycles. The number of carbonyl (C=O) groups is 2. The second kappa shape index (κ2) is 12.7. The smallest absolute Gasteiger partial charge is 0.224 e. The maximum atomic E-state index is 12.6. The van der Waals surface area contributed by atoms with Crippen molar-refractivity contribution in [3.8, 4) is 0 Å². The Morgan fingerprint density at radius 3 is 1.88 bits per heavy atom. The first-order valence-corrected chi connectivity index (χ1v) is 12.6. The Morgan fingerprint density at radius 2 is 1.32 bits per heavy atom. The van der Waals surface area contributed by atoms with E-state index in [2.05, 4.69) is 35.9 Å². The summed E-state index contributed by atoms with van der Waals surface area (Å²) < 4.78 is 26.5. The maximum absolute atomic E-state index is 12.6. The Kier molecular flexibility index (Phi) is 9.46. The predicted molar refractivity (Wildman–Crippen MR) is 125 cm³/mol. The van der Waals surface area contributed by atoms with Gasteiger partial charge in [0.1, 0.15) is 0 Å². The van der Waals surface area contributed by atoms with E-state index in [1.54, 1.807) is 41.8 Å². The molecule has 0 atom stereocenters. The summed E-state index contributed by atoms with van der Waals surface area (Å²) in [5.74, 6) is 0.380. The average Bonchev–Trinajstić information content (AvgIpc) is 2.85. The van der Waals surface area contributed by atoms with Gasteiger partial charge in [0.25, 0.3) is 0 Å². The van der Waals surface area contributed by atoms with Gasteiger partial charge in [0.05, 0.1) is 5.75 Å². The Morgan fingerprint density at radius 1 is 0.794 bits per heavy atom. The standard InChI is InChI=1S/C20H29N9O4S/c30-17(3-9-26-19-22-5-1-6-23-19)21-11-16-34(32,33)29-14-12-28(13-15-29)18(31)4-10-27-20-24-7-2-8-25-20/h1-2,5-8H,3-4,9-16H2,(H,21,30)(H,22,23,26)(H,24,25,27). The lowest BCUT2D eigenvalue weighted by molar-refractivity contribution is -0.132. The van der Waals surface area contributed by atoms with Crippen LogP contribution in [0.25, 0.3) is 0 Å². The average molecular weight is 492 g/mol. The molecular formula is C20H29N9O4S. The van der Waals surface area contributed by atoms with Gasteiger partial charge < -0.3 is 20.9 Å². The number of nitrogens with zero attached hydrogens (tertiary/aromatic N) is 6. The number of sulfonamides is 1. The van der Waals surface area contributed by atoms with Gasteiger partial charge in [-0.05, 0) is 12.1 Å². The Bertz CT molecular complexity index is 1020. The van der Waals surface area contributed by atoms with E-state index in [0.717, 1.165) is 0 Å². The van der Waals surface area contributed by atoms with Gasteiger partial charge in [0, 0.05) is 83.4 Å². The van der Waals surface area contributed by atoms with Crippen molar-refractivity contribution in [1.82, 2.24) is 34.5 Å². The molecule has 184 valence electrons. The van der Waals surface area contributed by atoms with Crippen molar-refractivity contribution in [3.05, 3.63) is 36.9 Å². The Hall–Kier alpha value is -3.39. The third-order valence-electron chi connectivity index (χ3n) is 5.06. The molecule has 3 rings (SSSR count). The monoisotopic (exact) mass is 491 g/mol. The summed E-state index contributed by atoms with van der Waals surface area (Å²) >= 11 is 0. The van der Waals surface area contributed by atoms with Crippen molar-refractivity contribution in [3.63, 3.8) is 0 Å². The highest BCUT2D eigenvalue weighted by Gasteiger charge is 2.28. The summed E-state index contributed by atoms with van der Waals surface area (Å²) in [6, 6.07) is 3.40. The van der Waals surface area contributed by atoms with Crippen molar-refractivity contribution < 1.29 is 18.0 Å². The van der Waals surface area contributed by atoms with Crippen LogP contribution in [-0.2, 0) is 19.6 Å². The van der Waals surface area contributed by atoms with E-state index >= 15 is 0 Å². The molecule has 2 aromatic rings. The predicted octanol–water partition coefficient (Wildman–Crippen LogP) is -0.839. The number of carbonyl (C=O) groups excluding carboxylic acids is 2. The minimum absolute atomic E-state index is 0.0232. The highest BCUT2D eigenvalue weighted by Crippen LogP contribution is 2.09. The second-order valence-corrected chi connectivity index (χ2v) is 9.53. The van der Waals surface area contributed by atoms with E-state index in [9.17, 15) is 18.0 Å². The minimum atomic E-state index is -3.53. The van der Waals surface area contributed by atoms with Crippen LogP contribution in [0, 0.1) is 0 Å². The topological polar surface area (TPSA) is 162 Å².